The number of allylic oxidation sites excluding steroid dienone is 4. The van der Waals surface area contributed by atoms with Gasteiger partial charge in [-0.15, -0.1) is 0 Å². The summed E-state index contributed by atoms with van der Waals surface area (Å²) in [6.07, 6.45) is -0.0635. The van der Waals surface area contributed by atoms with Crippen molar-refractivity contribution in [2.24, 2.45) is 0 Å². The normalized spacial score (nSPS) is 13.1. The molecule has 0 amide bonds. The number of hydrogen-bond donors (Lipinski definition) is 2. The highest BCUT2D eigenvalue weighted by molar-refractivity contribution is 5.96. The minimum Gasteiger partial charge on any atom is -0.463 e. The van der Waals surface area contributed by atoms with E-state index in [1.807, 2.05) is 45.9 Å². The lowest BCUT2D eigenvalue weighted by Gasteiger charge is -2.15. The monoisotopic (exact) mass is 1530 g/mol. The molecule has 0 radical (unpaired) electrons. The van der Waals surface area contributed by atoms with Crippen molar-refractivity contribution in [2.75, 3.05) is 293 Å². The molecule has 2 unspecified atom stereocenters. The molecule has 614 valence electrons. The summed E-state index contributed by atoms with van der Waals surface area (Å²) in [4.78, 5) is 45.4. The van der Waals surface area contributed by atoms with Crippen LogP contribution in [0.3, 0.4) is 0 Å². The van der Waals surface area contributed by atoms with Crippen LogP contribution in [-0.2, 0) is 123 Å². The van der Waals surface area contributed by atoms with Gasteiger partial charge in [-0.3, -0.25) is 9.59 Å². The second-order valence-electron chi connectivity index (χ2n) is 24.8. The van der Waals surface area contributed by atoms with Gasteiger partial charge in [-0.25, -0.2) is 9.97 Å². The molecule has 2 atom stereocenters. The number of esters is 2. The van der Waals surface area contributed by atoms with Crippen LogP contribution in [-0.4, -0.2) is 325 Å². The fraction of sp³-hybridized carbons (Fsp3) is 0.718. The molecule has 2 aliphatic rings. The largest absolute Gasteiger partial charge is 0.463 e. The predicted molar refractivity (Wildman–Crippen MR) is 405 cm³/mol. The van der Waals surface area contributed by atoms with Gasteiger partial charge >= 0.3 is 11.9 Å². The van der Waals surface area contributed by atoms with Crippen molar-refractivity contribution in [1.82, 2.24) is 19.9 Å². The third-order valence-electron chi connectivity index (χ3n) is 17.0. The lowest BCUT2D eigenvalue weighted by Crippen LogP contribution is -2.15. The number of carbonyl (C=O) groups excluding carboxylic acids is 2. The number of nitrogens with one attached hydrogen (secondary N) is 2. The molecular weight excluding hydrogens is 1410 g/mol. The van der Waals surface area contributed by atoms with Crippen LogP contribution in [0.15, 0.2) is 24.3 Å². The van der Waals surface area contributed by atoms with E-state index in [0.29, 0.717) is 273 Å². The summed E-state index contributed by atoms with van der Waals surface area (Å²) in [5, 5.41) is 0. The average Bonchev–Trinajstić information content (AvgIpc) is 1.62. The minimum atomic E-state index is -0.414. The standard InChI is InChI=1S/C78H126N4O26/c1-59-65(11-13-75(83)107-53-49-103-45-41-99-37-33-95-29-25-91-21-17-87-9)71-58-72-66(12-14-76(84)108-54-50-104-46-42-100-38-34-96-30-26-92-22-18-88-10)60(2)68(80-72)56-73-78(64(6)106-52-48-102-44-40-98-36-32-94-28-24-90-20-16-86-8)62(4)70(82-73)57-74-77(61(3)69(81-74)55-67(59)79-71)63(5)105-51-47-101-43-39-97-35-31-93-27-23-89-19-15-85-7/h55-58,63-64,81-82H,11-54H2,1-10H3. The Morgan fingerprint density at radius 3 is 0.806 bits per heavy atom. The quantitative estimate of drug-likeness (QED) is 0.0395. The molecule has 108 heavy (non-hydrogen) atoms. The van der Waals surface area contributed by atoms with Crippen molar-refractivity contribution in [3.8, 4) is 0 Å². The van der Waals surface area contributed by atoms with Crippen LogP contribution in [0.4, 0.5) is 0 Å². The number of ether oxygens (including phenoxy) is 24. The van der Waals surface area contributed by atoms with Gasteiger partial charge in [0.1, 0.15) is 13.2 Å². The van der Waals surface area contributed by atoms with Gasteiger partial charge in [0.25, 0.3) is 0 Å². The lowest BCUT2D eigenvalue weighted by atomic mass is 9.98. The van der Waals surface area contributed by atoms with Crippen molar-refractivity contribution >= 4 is 56.3 Å². The Balaban J connectivity index is 1.39. The van der Waals surface area contributed by atoms with E-state index in [1.54, 1.807) is 28.4 Å². The Hall–Kier alpha value is -5.34. The van der Waals surface area contributed by atoms with E-state index in [0.717, 1.165) is 66.6 Å². The first kappa shape index (κ1) is 93.3. The van der Waals surface area contributed by atoms with Gasteiger partial charge in [0.2, 0.25) is 0 Å². The molecule has 3 aromatic rings. The first-order valence-corrected chi connectivity index (χ1v) is 37.8. The van der Waals surface area contributed by atoms with Crippen LogP contribution in [0.1, 0.15) is 111 Å². The van der Waals surface area contributed by atoms with Crippen molar-refractivity contribution in [3.63, 3.8) is 0 Å². The van der Waals surface area contributed by atoms with Crippen molar-refractivity contribution in [3.05, 3.63) is 69.3 Å². The fourth-order valence-electron chi connectivity index (χ4n) is 11.2. The second-order valence-corrected chi connectivity index (χ2v) is 24.8. The predicted octanol–water partition coefficient (Wildman–Crippen LogP) is 8.45. The number of nitrogens with zero attached hydrogens (tertiary/aromatic N) is 2. The van der Waals surface area contributed by atoms with Crippen molar-refractivity contribution < 1.29 is 123 Å². The molecule has 8 bridgehead atoms. The molecule has 2 N–H and O–H groups in total. The Kier molecular flexibility index (Phi) is 52.1. The zero-order chi connectivity index (χ0) is 77.3. The summed E-state index contributed by atoms with van der Waals surface area (Å²) >= 11 is 0. The maximum atomic E-state index is 13.6. The maximum absolute atomic E-state index is 13.6. The number of carbonyl (C=O) groups is 2. The number of aryl methyl sites for hydroxylation is 2. The molecule has 0 spiro atoms. The summed E-state index contributed by atoms with van der Waals surface area (Å²) in [5.41, 5.74) is 13.1. The average molecular weight is 1540 g/mol. The Labute approximate surface area is 638 Å². The lowest BCUT2D eigenvalue weighted by molar-refractivity contribution is -0.146. The zero-order valence-electron chi connectivity index (χ0n) is 66.1. The molecular formula is C78H126N4O26. The van der Waals surface area contributed by atoms with Gasteiger partial charge in [0.05, 0.1) is 286 Å². The Bertz CT molecular complexity index is 3130. The number of aromatic nitrogens is 4. The summed E-state index contributed by atoms with van der Waals surface area (Å²) in [7, 11) is 6.54. The Morgan fingerprint density at radius 2 is 0.528 bits per heavy atom. The third kappa shape index (κ3) is 38.7. The SMILES string of the molecule is COCCOCCOCCOCCOCCOC(=O)CCC1=C(C)c2cc3[nH]c(cc4[nH]c(cc5nc(cc1n2)C(CCC(=O)OCCOCCOCCOCCOCCOC)=C5C)c(C(C)OCCOCCOCCOCCOCCOC)c4C)c(C(C)OCCOCCOCCOCCOCCOC)c3C. The molecule has 0 saturated carbocycles. The van der Waals surface area contributed by atoms with Gasteiger partial charge in [-0.05, 0) is 112 Å². The molecule has 3 aromatic heterocycles. The van der Waals surface area contributed by atoms with Gasteiger partial charge in [0, 0.05) is 74.5 Å². The molecule has 0 aromatic carbocycles. The molecule has 0 saturated heterocycles. The molecule has 0 fully saturated rings. The molecule has 30 nitrogen and oxygen atoms in total. The third-order valence-corrected chi connectivity index (χ3v) is 17.0. The molecule has 30 heteroatoms. The zero-order valence-corrected chi connectivity index (χ0v) is 66.1. The highest BCUT2D eigenvalue weighted by atomic mass is 16.6. The minimum absolute atomic E-state index is 0.0625. The highest BCUT2D eigenvalue weighted by Crippen LogP contribution is 2.40. The summed E-state index contributed by atoms with van der Waals surface area (Å²) in [6.45, 7) is 28.7. The number of hydrogen-bond acceptors (Lipinski definition) is 28. The van der Waals surface area contributed by atoms with Crippen LogP contribution in [0.25, 0.3) is 44.4 Å². The topological polar surface area (TPSA) is 313 Å². The van der Waals surface area contributed by atoms with Crippen LogP contribution in [0.5, 0.6) is 0 Å². The maximum Gasteiger partial charge on any atom is 0.306 e. The summed E-state index contributed by atoms with van der Waals surface area (Å²) in [6, 6.07) is 8.15. The second kappa shape index (κ2) is 60.3. The van der Waals surface area contributed by atoms with Crippen LogP contribution in [0.2, 0.25) is 0 Å². The number of aromatic amines is 2. The van der Waals surface area contributed by atoms with Crippen molar-refractivity contribution in [2.45, 2.75) is 79.4 Å². The van der Waals surface area contributed by atoms with E-state index in [-0.39, 0.29) is 51.3 Å². The molecule has 5 heterocycles. The number of H-pyrrole nitrogens is 2. The van der Waals surface area contributed by atoms with Crippen LogP contribution < -0.4 is 0 Å². The summed E-state index contributed by atoms with van der Waals surface area (Å²) < 4.78 is 135. The smallest absolute Gasteiger partial charge is 0.306 e. The van der Waals surface area contributed by atoms with E-state index >= 15 is 0 Å². The van der Waals surface area contributed by atoms with Gasteiger partial charge < -0.3 is 124 Å². The number of rotatable bonds is 70. The fourth-order valence-corrected chi connectivity index (χ4v) is 11.2. The molecule has 0 aliphatic carbocycles. The van der Waals surface area contributed by atoms with E-state index in [2.05, 4.69) is 29.9 Å². The van der Waals surface area contributed by atoms with Gasteiger partial charge in [-0.2, -0.15) is 0 Å². The first-order valence-electron chi connectivity index (χ1n) is 37.8. The molecule has 5 rings (SSSR count). The van der Waals surface area contributed by atoms with E-state index < -0.39 is 12.1 Å². The highest BCUT2D eigenvalue weighted by Gasteiger charge is 2.26. The van der Waals surface area contributed by atoms with Crippen LogP contribution >= 0.6 is 0 Å². The Morgan fingerprint density at radius 1 is 0.296 bits per heavy atom. The molecule has 2 aliphatic heterocycles. The first-order chi connectivity index (χ1) is 52.9. The van der Waals surface area contributed by atoms with E-state index in [9.17, 15) is 9.59 Å². The summed E-state index contributed by atoms with van der Waals surface area (Å²) in [5.74, 6) is -0.780. The van der Waals surface area contributed by atoms with Gasteiger partial charge in [-0.1, -0.05) is 0 Å². The van der Waals surface area contributed by atoms with Crippen LogP contribution in [0, 0.1) is 13.8 Å². The van der Waals surface area contributed by atoms with E-state index in [1.165, 1.54) is 0 Å². The van der Waals surface area contributed by atoms with Crippen molar-refractivity contribution in [1.29, 1.82) is 0 Å². The van der Waals surface area contributed by atoms with Gasteiger partial charge in [0.15, 0.2) is 0 Å². The van der Waals surface area contributed by atoms with E-state index in [4.69, 9.17) is 124 Å². The number of fused-ring (bicyclic) bond motifs is 8. The number of methoxy groups -OCH3 is 4.